The van der Waals surface area contributed by atoms with Gasteiger partial charge in [-0.2, -0.15) is 0 Å². The first-order chi connectivity index (χ1) is 11.8. The molecule has 1 aliphatic heterocycles. The summed E-state index contributed by atoms with van der Waals surface area (Å²) in [6, 6.07) is 3.98. The Morgan fingerprint density at radius 3 is 2.48 bits per heavy atom. The van der Waals surface area contributed by atoms with Crippen molar-refractivity contribution in [1.29, 1.82) is 0 Å². The standard InChI is InChI=1S/C18H24N2O4S/c1-11-9-12(2)16(13(3)10-11)19-17(22)14(4)24-15(21)5-6-20-7-8-25-18(20)23/h9-10,14H,5-8H2,1-4H3,(H,19,22). The molecule has 1 aromatic rings. The maximum absolute atomic E-state index is 12.3. The van der Waals surface area contributed by atoms with E-state index in [9.17, 15) is 14.4 Å². The topological polar surface area (TPSA) is 75.7 Å². The lowest BCUT2D eigenvalue weighted by Gasteiger charge is -2.18. The van der Waals surface area contributed by atoms with Gasteiger partial charge in [0.1, 0.15) is 0 Å². The van der Waals surface area contributed by atoms with Crippen molar-refractivity contribution in [1.82, 2.24) is 4.90 Å². The van der Waals surface area contributed by atoms with E-state index in [0.29, 0.717) is 13.1 Å². The predicted octanol–water partition coefficient (Wildman–Crippen LogP) is 3.04. The van der Waals surface area contributed by atoms with Crippen LogP contribution in [0.25, 0.3) is 0 Å². The number of rotatable bonds is 6. The van der Waals surface area contributed by atoms with E-state index in [1.54, 1.807) is 11.8 Å². The summed E-state index contributed by atoms with van der Waals surface area (Å²) >= 11 is 1.25. The van der Waals surface area contributed by atoms with E-state index in [0.717, 1.165) is 28.1 Å². The molecule has 0 aliphatic carbocycles. The largest absolute Gasteiger partial charge is 0.452 e. The van der Waals surface area contributed by atoms with Crippen LogP contribution in [0, 0.1) is 20.8 Å². The van der Waals surface area contributed by atoms with Crippen molar-refractivity contribution in [2.45, 2.75) is 40.2 Å². The van der Waals surface area contributed by atoms with E-state index < -0.39 is 12.1 Å². The van der Waals surface area contributed by atoms with Crippen LogP contribution in [0.4, 0.5) is 10.5 Å². The number of benzene rings is 1. The van der Waals surface area contributed by atoms with Gasteiger partial charge in [0, 0.05) is 24.5 Å². The van der Waals surface area contributed by atoms with Crippen LogP contribution in [0.5, 0.6) is 0 Å². The number of aryl methyl sites for hydroxylation is 3. The Hall–Kier alpha value is -2.02. The number of hydrogen-bond acceptors (Lipinski definition) is 5. The highest BCUT2D eigenvalue weighted by atomic mass is 32.2. The fourth-order valence-corrected chi connectivity index (χ4v) is 3.62. The number of hydrogen-bond donors (Lipinski definition) is 1. The molecule has 1 unspecified atom stereocenters. The lowest BCUT2D eigenvalue weighted by atomic mass is 10.0. The fourth-order valence-electron chi connectivity index (χ4n) is 2.77. The van der Waals surface area contributed by atoms with Gasteiger partial charge in [-0.05, 0) is 38.8 Å². The second-order valence-electron chi connectivity index (χ2n) is 6.25. The molecule has 1 aromatic carbocycles. The lowest BCUT2D eigenvalue weighted by Crippen LogP contribution is -2.32. The first-order valence-electron chi connectivity index (χ1n) is 8.28. The summed E-state index contributed by atoms with van der Waals surface area (Å²) in [5, 5.41) is 2.82. The highest BCUT2D eigenvalue weighted by Gasteiger charge is 2.23. The quantitative estimate of drug-likeness (QED) is 0.785. The van der Waals surface area contributed by atoms with E-state index in [4.69, 9.17) is 4.74 Å². The van der Waals surface area contributed by atoms with Crippen LogP contribution in [-0.2, 0) is 14.3 Å². The summed E-state index contributed by atoms with van der Waals surface area (Å²) in [6.07, 6.45) is -0.803. The van der Waals surface area contributed by atoms with Crippen molar-refractivity contribution in [2.75, 3.05) is 24.2 Å². The zero-order chi connectivity index (χ0) is 18.6. The van der Waals surface area contributed by atoms with Gasteiger partial charge in [0.15, 0.2) is 6.10 Å². The highest BCUT2D eigenvalue weighted by Crippen LogP contribution is 2.22. The fraction of sp³-hybridized carbons (Fsp3) is 0.500. The number of anilines is 1. The van der Waals surface area contributed by atoms with Crippen LogP contribution in [0.1, 0.15) is 30.0 Å². The number of esters is 1. The second kappa shape index (κ2) is 8.38. The molecule has 6 nitrogen and oxygen atoms in total. The lowest BCUT2D eigenvalue weighted by molar-refractivity contribution is -0.153. The molecule has 1 saturated heterocycles. The summed E-state index contributed by atoms with van der Waals surface area (Å²) < 4.78 is 5.19. The van der Waals surface area contributed by atoms with Gasteiger partial charge in [-0.1, -0.05) is 29.5 Å². The number of nitrogens with one attached hydrogen (secondary N) is 1. The Morgan fingerprint density at radius 2 is 1.92 bits per heavy atom. The highest BCUT2D eigenvalue weighted by molar-refractivity contribution is 8.13. The zero-order valence-corrected chi connectivity index (χ0v) is 15.9. The maximum atomic E-state index is 12.3. The first-order valence-corrected chi connectivity index (χ1v) is 9.26. The van der Waals surface area contributed by atoms with E-state index >= 15 is 0 Å². The summed E-state index contributed by atoms with van der Waals surface area (Å²) in [5.41, 5.74) is 3.81. The Balaban J connectivity index is 1.85. The van der Waals surface area contributed by atoms with Crippen LogP contribution >= 0.6 is 11.8 Å². The van der Waals surface area contributed by atoms with Crippen LogP contribution in [0.3, 0.4) is 0 Å². The molecule has 25 heavy (non-hydrogen) atoms. The van der Waals surface area contributed by atoms with E-state index in [1.807, 2.05) is 32.9 Å². The molecule has 2 amide bonds. The third-order valence-electron chi connectivity index (χ3n) is 4.03. The molecular formula is C18H24N2O4S. The third kappa shape index (κ3) is 5.22. The van der Waals surface area contributed by atoms with Crippen molar-refractivity contribution >= 4 is 34.6 Å². The minimum atomic E-state index is -0.892. The van der Waals surface area contributed by atoms with Crippen LogP contribution in [-0.4, -0.2) is 47.0 Å². The second-order valence-corrected chi connectivity index (χ2v) is 7.29. The average molecular weight is 364 g/mol. The van der Waals surface area contributed by atoms with Crippen LogP contribution in [0.2, 0.25) is 0 Å². The molecule has 7 heteroatoms. The molecule has 0 bridgehead atoms. The van der Waals surface area contributed by atoms with Crippen molar-refractivity contribution in [3.05, 3.63) is 28.8 Å². The van der Waals surface area contributed by atoms with Gasteiger partial charge in [-0.25, -0.2) is 0 Å². The Kier molecular flexibility index (Phi) is 6.47. The maximum Gasteiger partial charge on any atom is 0.308 e. The number of thioether (sulfide) groups is 1. The van der Waals surface area contributed by atoms with Crippen molar-refractivity contribution in [3.63, 3.8) is 0 Å². The van der Waals surface area contributed by atoms with Gasteiger partial charge >= 0.3 is 5.97 Å². The first kappa shape index (κ1) is 19.3. The average Bonchev–Trinajstić information content (AvgIpc) is 2.93. The third-order valence-corrected chi connectivity index (χ3v) is 4.93. The molecule has 1 aliphatic rings. The van der Waals surface area contributed by atoms with E-state index in [-0.39, 0.29) is 17.6 Å². The molecule has 0 radical (unpaired) electrons. The number of carbonyl (C=O) groups excluding carboxylic acids is 3. The van der Waals surface area contributed by atoms with Crippen molar-refractivity contribution in [2.24, 2.45) is 0 Å². The summed E-state index contributed by atoms with van der Waals surface area (Å²) in [7, 11) is 0. The minimum Gasteiger partial charge on any atom is -0.452 e. The summed E-state index contributed by atoms with van der Waals surface area (Å²) in [5.74, 6) is -0.0945. The monoisotopic (exact) mass is 364 g/mol. The van der Waals surface area contributed by atoms with Gasteiger partial charge in [0.2, 0.25) is 0 Å². The molecule has 2 rings (SSSR count). The molecule has 0 aromatic heterocycles. The molecule has 0 saturated carbocycles. The molecule has 1 N–H and O–H groups in total. The summed E-state index contributed by atoms with van der Waals surface area (Å²) in [4.78, 5) is 37.3. The van der Waals surface area contributed by atoms with Crippen molar-refractivity contribution in [3.8, 4) is 0 Å². The molecular weight excluding hydrogens is 340 g/mol. The number of amides is 2. The van der Waals surface area contributed by atoms with Gasteiger partial charge in [-0.3, -0.25) is 14.4 Å². The van der Waals surface area contributed by atoms with Crippen LogP contribution in [0.15, 0.2) is 12.1 Å². The molecule has 1 fully saturated rings. The normalized spacial score (nSPS) is 15.2. The number of carbonyl (C=O) groups is 3. The van der Waals surface area contributed by atoms with Gasteiger partial charge < -0.3 is 15.0 Å². The van der Waals surface area contributed by atoms with E-state index in [2.05, 4.69) is 5.32 Å². The molecule has 1 atom stereocenters. The van der Waals surface area contributed by atoms with Gasteiger partial charge in [0.25, 0.3) is 11.1 Å². The number of nitrogens with zero attached hydrogens (tertiary/aromatic N) is 1. The predicted molar refractivity (Wildman–Crippen MR) is 98.9 cm³/mol. The Morgan fingerprint density at radius 1 is 1.28 bits per heavy atom. The van der Waals surface area contributed by atoms with Crippen molar-refractivity contribution < 1.29 is 19.1 Å². The van der Waals surface area contributed by atoms with Gasteiger partial charge in [-0.15, -0.1) is 0 Å². The minimum absolute atomic E-state index is 0.0103. The smallest absolute Gasteiger partial charge is 0.308 e. The van der Waals surface area contributed by atoms with Crippen LogP contribution < -0.4 is 5.32 Å². The molecule has 1 heterocycles. The van der Waals surface area contributed by atoms with Gasteiger partial charge in [0.05, 0.1) is 6.42 Å². The SMILES string of the molecule is Cc1cc(C)c(NC(=O)C(C)OC(=O)CCN2CCSC2=O)c(C)c1. The van der Waals surface area contributed by atoms with E-state index in [1.165, 1.54) is 11.8 Å². The Labute approximate surface area is 152 Å². The zero-order valence-electron chi connectivity index (χ0n) is 15.0. The number of ether oxygens (including phenoxy) is 1. The summed E-state index contributed by atoms with van der Waals surface area (Å²) in [6.45, 7) is 8.38. The molecule has 136 valence electrons. The molecule has 0 spiro atoms. The Bertz CT molecular complexity index is 667.